The largest absolute Gasteiger partial charge is 0.397 e. The molecule has 0 radical (unpaired) electrons. The van der Waals surface area contributed by atoms with E-state index < -0.39 is 95.9 Å². The molecule has 0 atom stereocenters. The minimum atomic E-state index is -5.14. The third-order valence-corrected chi connectivity index (χ3v) is 8.52. The van der Waals surface area contributed by atoms with Crippen molar-refractivity contribution in [1.82, 2.24) is 0 Å². The van der Waals surface area contributed by atoms with E-state index in [1.165, 1.54) is 0 Å². The van der Waals surface area contributed by atoms with Gasteiger partial charge in [-0.05, 0) is 24.3 Å². The second-order valence-corrected chi connectivity index (χ2v) is 12.4. The number of hydrogen-bond acceptors (Lipinski definition) is 11. The van der Waals surface area contributed by atoms with Crippen LogP contribution in [0.3, 0.4) is 0 Å². The summed E-state index contributed by atoms with van der Waals surface area (Å²) < 4.78 is 100. The fraction of sp³-hybridized carbons (Fsp3) is 0. The molecule has 0 spiro atoms. The van der Waals surface area contributed by atoms with Crippen LogP contribution in [0.4, 0.5) is 22.7 Å². The summed E-state index contributed by atoms with van der Waals surface area (Å²) in [6, 6.07) is 5.10. The van der Waals surface area contributed by atoms with Crippen molar-refractivity contribution in [3.05, 3.63) is 63.7 Å². The van der Waals surface area contributed by atoms with E-state index in [1.54, 1.807) is 0 Å². The van der Waals surface area contributed by atoms with Crippen molar-refractivity contribution >= 4 is 76.3 Å². The number of halogens is 1. The number of rotatable bonds is 5. The van der Waals surface area contributed by atoms with Gasteiger partial charge in [0.2, 0.25) is 0 Å². The summed E-state index contributed by atoms with van der Waals surface area (Å²) in [6.07, 6.45) is 0. The molecule has 4 rings (SSSR count). The summed E-state index contributed by atoms with van der Waals surface area (Å²) in [7, 11) is -15.0. The zero-order valence-electron chi connectivity index (χ0n) is 18.3. The third kappa shape index (κ3) is 4.49. The number of anilines is 4. The summed E-state index contributed by atoms with van der Waals surface area (Å²) in [6.45, 7) is 0. The average molecular weight is 604 g/mol. The Kier molecular flexibility index (Phi) is 6.31. The normalized spacial score (nSPS) is 13.7. The van der Waals surface area contributed by atoms with E-state index in [0.717, 1.165) is 30.3 Å². The van der Waals surface area contributed by atoms with Gasteiger partial charge < -0.3 is 16.8 Å². The van der Waals surface area contributed by atoms with Gasteiger partial charge in [0.25, 0.3) is 30.4 Å². The highest BCUT2D eigenvalue weighted by atomic mass is 35.5. The van der Waals surface area contributed by atoms with Crippen LogP contribution in [-0.2, 0) is 30.4 Å². The third-order valence-electron chi connectivity index (χ3n) is 5.48. The lowest BCUT2D eigenvalue weighted by molar-refractivity contribution is 0.0977. The van der Waals surface area contributed by atoms with Crippen molar-refractivity contribution in [2.45, 2.75) is 14.7 Å². The first-order chi connectivity index (χ1) is 17.3. The fourth-order valence-corrected chi connectivity index (χ4v) is 5.95. The molecule has 1 aliphatic rings. The predicted octanol–water partition coefficient (Wildman–Crippen LogP) is 1.76. The second kappa shape index (κ2) is 8.73. The molecule has 8 N–H and O–H groups in total. The van der Waals surface area contributed by atoms with Gasteiger partial charge in [-0.25, -0.2) is 0 Å². The SMILES string of the molecule is Nc1cc(S(=O)(=O)O)cc(Nc2cc(S(=O)(=O)O)c(N)c3c2C(=O)c2c(cccc2S(=O)(=O)O)C3=O)c1Cl. The van der Waals surface area contributed by atoms with Gasteiger partial charge in [-0.15, -0.1) is 0 Å². The highest BCUT2D eigenvalue weighted by molar-refractivity contribution is 7.86. The Morgan fingerprint density at radius 1 is 0.711 bits per heavy atom. The zero-order valence-corrected chi connectivity index (χ0v) is 21.5. The van der Waals surface area contributed by atoms with Crippen molar-refractivity contribution < 1.29 is 48.5 Å². The highest BCUT2D eigenvalue weighted by Gasteiger charge is 2.39. The van der Waals surface area contributed by atoms with E-state index in [0.29, 0.717) is 6.07 Å². The topological polar surface area (TPSA) is 261 Å². The minimum absolute atomic E-state index is 0.370. The molecule has 1 aliphatic carbocycles. The maximum Gasteiger partial charge on any atom is 0.296 e. The molecular formula is C20H14ClN3O11S3. The lowest BCUT2D eigenvalue weighted by Gasteiger charge is -2.25. The molecule has 3 aromatic carbocycles. The average Bonchev–Trinajstić information content (AvgIpc) is 2.78. The van der Waals surface area contributed by atoms with Crippen LogP contribution in [-0.4, -0.2) is 50.5 Å². The van der Waals surface area contributed by atoms with Crippen molar-refractivity contribution in [2.24, 2.45) is 0 Å². The summed E-state index contributed by atoms with van der Waals surface area (Å²) in [4.78, 5) is 24.2. The molecule has 38 heavy (non-hydrogen) atoms. The maximum atomic E-state index is 13.6. The number of nitrogen functional groups attached to an aromatic ring is 2. The summed E-state index contributed by atoms with van der Waals surface area (Å²) in [5.74, 6) is -2.35. The van der Waals surface area contributed by atoms with Crippen LogP contribution in [0.25, 0.3) is 0 Å². The Morgan fingerprint density at radius 3 is 1.87 bits per heavy atom. The molecule has 0 aliphatic heterocycles. The van der Waals surface area contributed by atoms with Crippen LogP contribution >= 0.6 is 11.6 Å². The molecule has 0 unspecified atom stereocenters. The van der Waals surface area contributed by atoms with Crippen LogP contribution in [0, 0.1) is 0 Å². The number of fused-ring (bicyclic) bond motifs is 2. The Balaban J connectivity index is 2.11. The van der Waals surface area contributed by atoms with Crippen molar-refractivity contribution in [3.8, 4) is 0 Å². The quantitative estimate of drug-likeness (QED) is 0.140. The van der Waals surface area contributed by atoms with Gasteiger partial charge in [0.15, 0.2) is 11.6 Å². The summed E-state index contributed by atoms with van der Waals surface area (Å²) in [5, 5.41) is 2.06. The number of nitrogens with one attached hydrogen (secondary N) is 1. The van der Waals surface area contributed by atoms with Crippen LogP contribution in [0.1, 0.15) is 31.8 Å². The lowest BCUT2D eigenvalue weighted by atomic mass is 9.82. The van der Waals surface area contributed by atoms with E-state index >= 15 is 0 Å². The predicted molar refractivity (Wildman–Crippen MR) is 133 cm³/mol. The van der Waals surface area contributed by atoms with Crippen LogP contribution in [0.2, 0.25) is 5.02 Å². The van der Waals surface area contributed by atoms with Crippen molar-refractivity contribution in [1.29, 1.82) is 0 Å². The fourth-order valence-electron chi connectivity index (χ4n) is 3.89. The molecular weight excluding hydrogens is 590 g/mol. The monoisotopic (exact) mass is 603 g/mol. The standard InChI is InChI=1S/C20H14ClN3O11S3/c21-17-9(22)4-7(36(27,28)29)5-11(17)24-10-6-13(38(33,34)35)18(23)16-15(10)20(26)14-8(19(16)25)2-1-3-12(14)37(30,31)32/h1-6,24H,22-23H2,(H,27,28,29)(H,30,31,32)(H,33,34,35). The number of benzene rings is 3. The first-order valence-corrected chi connectivity index (χ1v) is 14.5. The first kappa shape index (κ1) is 27.5. The molecule has 0 saturated carbocycles. The Labute approximate surface area is 219 Å². The minimum Gasteiger partial charge on any atom is -0.397 e. The summed E-state index contributed by atoms with van der Waals surface area (Å²) in [5.41, 5.74) is 6.54. The molecule has 200 valence electrons. The molecule has 3 aromatic rings. The van der Waals surface area contributed by atoms with Gasteiger partial charge >= 0.3 is 0 Å². The number of carbonyl (C=O) groups excluding carboxylic acids is 2. The van der Waals surface area contributed by atoms with E-state index in [2.05, 4.69) is 5.32 Å². The van der Waals surface area contributed by atoms with Gasteiger partial charge in [-0.3, -0.25) is 23.2 Å². The van der Waals surface area contributed by atoms with Crippen LogP contribution in [0.5, 0.6) is 0 Å². The van der Waals surface area contributed by atoms with Gasteiger partial charge in [0.05, 0.1) is 49.4 Å². The molecule has 0 aromatic heterocycles. The number of hydrogen-bond donors (Lipinski definition) is 6. The number of ketones is 2. The van der Waals surface area contributed by atoms with Gasteiger partial charge in [0.1, 0.15) is 9.79 Å². The van der Waals surface area contributed by atoms with Crippen LogP contribution < -0.4 is 16.8 Å². The van der Waals surface area contributed by atoms with E-state index in [-0.39, 0.29) is 10.7 Å². The molecule has 0 bridgehead atoms. The lowest BCUT2D eigenvalue weighted by Crippen LogP contribution is -2.27. The van der Waals surface area contributed by atoms with Gasteiger partial charge in [-0.1, -0.05) is 23.7 Å². The Morgan fingerprint density at radius 2 is 1.32 bits per heavy atom. The Bertz CT molecular complexity index is 1940. The molecule has 0 amide bonds. The first-order valence-electron chi connectivity index (χ1n) is 9.81. The maximum absolute atomic E-state index is 13.6. The van der Waals surface area contributed by atoms with E-state index in [1.807, 2.05) is 0 Å². The van der Waals surface area contributed by atoms with Gasteiger partial charge in [0, 0.05) is 5.56 Å². The molecule has 14 nitrogen and oxygen atoms in total. The molecule has 0 heterocycles. The van der Waals surface area contributed by atoms with Crippen molar-refractivity contribution in [3.63, 3.8) is 0 Å². The Hall–Kier alpha value is -3.58. The highest BCUT2D eigenvalue weighted by Crippen LogP contribution is 2.43. The molecule has 0 saturated heterocycles. The molecule has 0 fully saturated rings. The smallest absolute Gasteiger partial charge is 0.296 e. The summed E-state index contributed by atoms with van der Waals surface area (Å²) >= 11 is 6.12. The number of nitrogens with two attached hydrogens (primary N) is 2. The van der Waals surface area contributed by atoms with E-state index in [4.69, 9.17) is 23.1 Å². The van der Waals surface area contributed by atoms with Crippen molar-refractivity contribution in [2.75, 3.05) is 16.8 Å². The van der Waals surface area contributed by atoms with Gasteiger partial charge in [-0.2, -0.15) is 25.3 Å². The molecule has 18 heteroatoms. The van der Waals surface area contributed by atoms with Crippen LogP contribution in [0.15, 0.2) is 51.1 Å². The zero-order chi connectivity index (χ0) is 28.5. The second-order valence-electron chi connectivity index (χ2n) is 7.85. The number of carbonyl (C=O) groups is 2. The van der Waals surface area contributed by atoms with E-state index in [9.17, 15) is 48.5 Å².